The minimum atomic E-state index is -0.487. The zero-order valence-corrected chi connectivity index (χ0v) is 12.2. The molecule has 21 heavy (non-hydrogen) atoms. The lowest BCUT2D eigenvalue weighted by molar-refractivity contribution is 0.0742. The number of hydrogen-bond donors (Lipinski definition) is 1. The Hall–Kier alpha value is -1.86. The van der Waals surface area contributed by atoms with E-state index < -0.39 is 5.82 Å². The molecule has 1 fully saturated rings. The van der Waals surface area contributed by atoms with Crippen LogP contribution in [-0.2, 0) is 0 Å². The molecule has 0 aliphatic heterocycles. The van der Waals surface area contributed by atoms with Crippen molar-refractivity contribution >= 4 is 5.91 Å². The third-order valence-corrected chi connectivity index (χ3v) is 3.39. The van der Waals surface area contributed by atoms with Crippen molar-refractivity contribution in [1.29, 1.82) is 0 Å². The Kier molecular flexibility index (Phi) is 5.35. The van der Waals surface area contributed by atoms with E-state index in [9.17, 15) is 9.18 Å². The van der Waals surface area contributed by atoms with Crippen molar-refractivity contribution < 1.29 is 14.3 Å². The number of aliphatic hydroxyl groups is 1. The van der Waals surface area contributed by atoms with E-state index in [1.54, 1.807) is 6.07 Å². The van der Waals surface area contributed by atoms with Crippen molar-refractivity contribution in [2.45, 2.75) is 38.6 Å². The average molecular weight is 289 g/mol. The largest absolute Gasteiger partial charge is 0.395 e. The van der Waals surface area contributed by atoms with Gasteiger partial charge >= 0.3 is 0 Å². The van der Waals surface area contributed by atoms with Gasteiger partial charge in [0.1, 0.15) is 5.82 Å². The highest BCUT2D eigenvalue weighted by Crippen LogP contribution is 2.28. The first kappa shape index (κ1) is 15.5. The molecule has 0 heterocycles. The summed E-state index contributed by atoms with van der Waals surface area (Å²) in [6.45, 7) is 2.70. The predicted octanol–water partition coefficient (Wildman–Crippen LogP) is 2.57. The second kappa shape index (κ2) is 7.24. The SMILES string of the molecule is CCCN(C(=O)c1ccc(C#CCCO)c(F)c1)C1CC1. The van der Waals surface area contributed by atoms with Gasteiger partial charge in [-0.2, -0.15) is 0 Å². The van der Waals surface area contributed by atoms with Crippen LogP contribution in [0.3, 0.4) is 0 Å². The van der Waals surface area contributed by atoms with Crippen LogP contribution in [0.4, 0.5) is 4.39 Å². The molecule has 0 saturated heterocycles. The lowest BCUT2D eigenvalue weighted by atomic mass is 10.1. The summed E-state index contributed by atoms with van der Waals surface area (Å²) >= 11 is 0. The second-order valence-corrected chi connectivity index (χ2v) is 5.20. The quantitative estimate of drug-likeness (QED) is 0.846. The van der Waals surface area contributed by atoms with E-state index in [0.717, 1.165) is 19.3 Å². The second-order valence-electron chi connectivity index (χ2n) is 5.20. The molecule has 0 bridgehead atoms. The molecule has 1 aromatic rings. The third kappa shape index (κ3) is 4.05. The van der Waals surface area contributed by atoms with Gasteiger partial charge in [-0.05, 0) is 37.5 Å². The van der Waals surface area contributed by atoms with E-state index >= 15 is 0 Å². The first-order chi connectivity index (χ1) is 10.2. The summed E-state index contributed by atoms with van der Waals surface area (Å²) in [5.74, 6) is 4.75. The van der Waals surface area contributed by atoms with Crippen molar-refractivity contribution in [2.24, 2.45) is 0 Å². The summed E-state index contributed by atoms with van der Waals surface area (Å²) in [7, 11) is 0. The maximum atomic E-state index is 14.0. The van der Waals surface area contributed by atoms with Crippen LogP contribution in [0, 0.1) is 17.7 Å². The molecule has 1 saturated carbocycles. The Labute approximate surface area is 124 Å². The molecule has 0 atom stereocenters. The van der Waals surface area contributed by atoms with E-state index in [-0.39, 0.29) is 18.1 Å². The van der Waals surface area contributed by atoms with Crippen molar-refractivity contribution in [2.75, 3.05) is 13.2 Å². The summed E-state index contributed by atoms with van der Waals surface area (Å²) in [5.41, 5.74) is 0.633. The van der Waals surface area contributed by atoms with Gasteiger partial charge in [-0.15, -0.1) is 0 Å². The van der Waals surface area contributed by atoms with Gasteiger partial charge in [-0.1, -0.05) is 18.8 Å². The summed E-state index contributed by atoms with van der Waals surface area (Å²) in [6.07, 6.45) is 3.29. The molecule has 0 spiro atoms. The number of rotatable bonds is 5. The maximum absolute atomic E-state index is 14.0. The zero-order chi connectivity index (χ0) is 15.2. The van der Waals surface area contributed by atoms with E-state index in [4.69, 9.17) is 5.11 Å². The number of benzene rings is 1. The predicted molar refractivity (Wildman–Crippen MR) is 79.3 cm³/mol. The molecule has 1 aliphatic carbocycles. The average Bonchev–Trinajstić information content (AvgIpc) is 3.30. The van der Waals surface area contributed by atoms with Crippen molar-refractivity contribution in [3.05, 3.63) is 35.1 Å². The van der Waals surface area contributed by atoms with Gasteiger partial charge < -0.3 is 10.0 Å². The van der Waals surface area contributed by atoms with Crippen LogP contribution in [-0.4, -0.2) is 35.1 Å². The molecule has 2 rings (SSSR count). The smallest absolute Gasteiger partial charge is 0.254 e. The Bertz CT molecular complexity index is 570. The number of hydrogen-bond acceptors (Lipinski definition) is 2. The molecule has 1 aliphatic rings. The van der Waals surface area contributed by atoms with Crippen molar-refractivity contribution in [1.82, 2.24) is 4.90 Å². The summed E-state index contributed by atoms with van der Waals surface area (Å²) in [4.78, 5) is 14.3. The lowest BCUT2D eigenvalue weighted by Gasteiger charge is -2.21. The Morgan fingerprint density at radius 1 is 1.48 bits per heavy atom. The monoisotopic (exact) mass is 289 g/mol. The molecule has 4 heteroatoms. The first-order valence-electron chi connectivity index (χ1n) is 7.37. The number of nitrogens with zero attached hydrogens (tertiary/aromatic N) is 1. The zero-order valence-electron chi connectivity index (χ0n) is 12.2. The molecule has 1 aromatic carbocycles. The Balaban J connectivity index is 2.15. The molecule has 1 N–H and O–H groups in total. The van der Waals surface area contributed by atoms with Crippen LogP contribution in [0.1, 0.15) is 48.5 Å². The van der Waals surface area contributed by atoms with E-state index in [1.807, 2.05) is 11.8 Å². The fourth-order valence-electron chi connectivity index (χ4n) is 2.21. The Morgan fingerprint density at radius 2 is 2.24 bits per heavy atom. The maximum Gasteiger partial charge on any atom is 0.254 e. The molecule has 0 aromatic heterocycles. The van der Waals surface area contributed by atoms with Crippen LogP contribution in [0.2, 0.25) is 0 Å². The minimum Gasteiger partial charge on any atom is -0.395 e. The molecule has 1 amide bonds. The fraction of sp³-hybridized carbons (Fsp3) is 0.471. The topological polar surface area (TPSA) is 40.5 Å². The van der Waals surface area contributed by atoms with Crippen LogP contribution in [0.5, 0.6) is 0 Å². The highest BCUT2D eigenvalue weighted by atomic mass is 19.1. The number of halogens is 1. The normalized spacial score (nSPS) is 13.5. The molecular formula is C17H20FNO2. The van der Waals surface area contributed by atoms with Gasteiger partial charge in [0.05, 0.1) is 12.2 Å². The number of amides is 1. The van der Waals surface area contributed by atoms with Crippen molar-refractivity contribution in [3.63, 3.8) is 0 Å². The van der Waals surface area contributed by atoms with Gasteiger partial charge in [0, 0.05) is 24.6 Å². The lowest BCUT2D eigenvalue weighted by Crippen LogP contribution is -2.33. The van der Waals surface area contributed by atoms with Crippen LogP contribution < -0.4 is 0 Å². The van der Waals surface area contributed by atoms with Gasteiger partial charge in [-0.3, -0.25) is 4.79 Å². The summed E-state index contributed by atoms with van der Waals surface area (Å²) < 4.78 is 14.0. The third-order valence-electron chi connectivity index (χ3n) is 3.39. The summed E-state index contributed by atoms with van der Waals surface area (Å²) in [5, 5.41) is 8.65. The summed E-state index contributed by atoms with van der Waals surface area (Å²) in [6, 6.07) is 4.74. The van der Waals surface area contributed by atoms with Gasteiger partial charge in [-0.25, -0.2) is 4.39 Å². The van der Waals surface area contributed by atoms with Crippen molar-refractivity contribution in [3.8, 4) is 11.8 Å². The highest BCUT2D eigenvalue weighted by Gasteiger charge is 2.32. The highest BCUT2D eigenvalue weighted by molar-refractivity contribution is 5.94. The van der Waals surface area contributed by atoms with Crippen LogP contribution in [0.25, 0.3) is 0 Å². The van der Waals surface area contributed by atoms with E-state index in [0.29, 0.717) is 24.6 Å². The van der Waals surface area contributed by atoms with Gasteiger partial charge in [0.2, 0.25) is 0 Å². The molecule has 112 valence electrons. The number of carbonyl (C=O) groups excluding carboxylic acids is 1. The van der Waals surface area contributed by atoms with E-state index in [1.165, 1.54) is 12.1 Å². The van der Waals surface area contributed by atoms with Crippen LogP contribution >= 0.6 is 0 Å². The van der Waals surface area contributed by atoms with Gasteiger partial charge in [0.15, 0.2) is 0 Å². The number of aliphatic hydroxyl groups excluding tert-OH is 1. The van der Waals surface area contributed by atoms with Crippen LogP contribution in [0.15, 0.2) is 18.2 Å². The fourth-order valence-corrected chi connectivity index (χ4v) is 2.21. The standard InChI is InChI=1S/C17H20FNO2/c1-2-10-19(15-8-9-15)17(21)14-7-6-13(16(18)12-14)5-3-4-11-20/h6-7,12,15,20H,2,4,8-11H2,1H3. The molecule has 0 unspecified atom stereocenters. The molecular weight excluding hydrogens is 269 g/mol. The number of carbonyl (C=O) groups is 1. The Morgan fingerprint density at radius 3 is 2.81 bits per heavy atom. The first-order valence-corrected chi connectivity index (χ1v) is 7.37. The molecule has 3 nitrogen and oxygen atoms in total. The minimum absolute atomic E-state index is 0.0431. The van der Waals surface area contributed by atoms with Gasteiger partial charge in [0.25, 0.3) is 5.91 Å². The van der Waals surface area contributed by atoms with E-state index in [2.05, 4.69) is 11.8 Å². The molecule has 0 radical (unpaired) electrons.